The van der Waals surface area contributed by atoms with Gasteiger partial charge in [-0.25, -0.2) is 4.99 Å². The van der Waals surface area contributed by atoms with E-state index in [1.807, 2.05) is 20.8 Å². The zero-order chi connectivity index (χ0) is 30.5. The Morgan fingerprint density at radius 3 is 2.68 bits per heavy atom. The molecule has 0 aromatic heterocycles. The van der Waals surface area contributed by atoms with E-state index in [1.165, 1.54) is 20.1 Å². The smallest absolute Gasteiger partial charge is 0.276 e. The molecular weight excluding hydrogens is 532 g/mol. The lowest BCUT2D eigenvalue weighted by Gasteiger charge is -2.33. The first kappa shape index (κ1) is 31.8. The van der Waals surface area contributed by atoms with E-state index in [4.69, 9.17) is 19.9 Å². The molecule has 1 aromatic carbocycles. The fourth-order valence-electron chi connectivity index (χ4n) is 4.58. The van der Waals surface area contributed by atoms with Gasteiger partial charge in [-0.1, -0.05) is 39.2 Å². The van der Waals surface area contributed by atoms with E-state index in [1.54, 1.807) is 17.2 Å². The molecular formula is C29H38N4O8. The van der Waals surface area contributed by atoms with Gasteiger partial charge in [0.05, 0.1) is 48.6 Å². The standard InChI is InChI=1S/C29H38N4O8/c1-17(35)9-7-8-10-19-11-22(33(37)38)21(12-24(19)39-6)27(29(3,4)5)40-16-20-14-32(18(2)31-28(20)30)26-13-23(36)25(15-34)41-26/h11-12,14,23,25-27,34,36H,2,7,9,13,15-16H2,1,3-6H3,(H2,30,31)/t23-,25-,26-,27-/m1/s1. The van der Waals surface area contributed by atoms with Crippen molar-refractivity contribution in [2.45, 2.75) is 71.5 Å². The summed E-state index contributed by atoms with van der Waals surface area (Å²) in [7, 11) is 1.45. The number of aliphatic hydroxyl groups excluding tert-OH is 2. The summed E-state index contributed by atoms with van der Waals surface area (Å²) >= 11 is 0. The monoisotopic (exact) mass is 570 g/mol. The number of ketones is 1. The topological polar surface area (TPSA) is 170 Å². The fraction of sp³-hybridized carbons (Fsp3) is 0.517. The quantitative estimate of drug-likeness (QED) is 0.216. The first-order chi connectivity index (χ1) is 19.3. The van der Waals surface area contributed by atoms with Crippen LogP contribution in [0.4, 0.5) is 5.69 Å². The number of benzene rings is 1. The number of ether oxygens (including phenoxy) is 3. The molecule has 0 amide bonds. The minimum Gasteiger partial charge on any atom is -0.495 e. The molecule has 0 radical (unpaired) electrons. The predicted molar refractivity (Wildman–Crippen MR) is 152 cm³/mol. The Kier molecular flexibility index (Phi) is 10.3. The van der Waals surface area contributed by atoms with Gasteiger partial charge >= 0.3 is 0 Å². The zero-order valence-electron chi connectivity index (χ0n) is 24.0. The van der Waals surface area contributed by atoms with Crippen LogP contribution in [0.5, 0.6) is 5.75 Å². The summed E-state index contributed by atoms with van der Waals surface area (Å²) < 4.78 is 17.6. The first-order valence-corrected chi connectivity index (χ1v) is 13.2. The van der Waals surface area contributed by atoms with Gasteiger partial charge in [0.1, 0.15) is 35.5 Å². The Balaban J connectivity index is 1.93. The molecule has 41 heavy (non-hydrogen) atoms. The van der Waals surface area contributed by atoms with E-state index in [0.29, 0.717) is 34.7 Å². The summed E-state index contributed by atoms with van der Waals surface area (Å²) in [4.78, 5) is 28.8. The summed E-state index contributed by atoms with van der Waals surface area (Å²) in [6.45, 7) is 10.7. The highest BCUT2D eigenvalue weighted by molar-refractivity contribution is 5.98. The van der Waals surface area contributed by atoms with Crippen molar-refractivity contribution in [3.8, 4) is 17.6 Å². The number of nitrogens with zero attached hydrogens (tertiary/aromatic N) is 3. The van der Waals surface area contributed by atoms with Gasteiger partial charge < -0.3 is 35.1 Å². The van der Waals surface area contributed by atoms with Crippen molar-refractivity contribution in [1.82, 2.24) is 4.90 Å². The molecule has 1 aromatic rings. The molecule has 222 valence electrons. The second kappa shape index (κ2) is 13.3. The average Bonchev–Trinajstić information content (AvgIpc) is 3.27. The number of nitrogens with two attached hydrogens (primary N) is 1. The molecule has 4 N–H and O–H groups in total. The van der Waals surface area contributed by atoms with E-state index in [0.717, 1.165) is 0 Å². The van der Waals surface area contributed by atoms with Crippen molar-refractivity contribution < 1.29 is 34.1 Å². The van der Waals surface area contributed by atoms with Crippen molar-refractivity contribution in [3.63, 3.8) is 0 Å². The van der Waals surface area contributed by atoms with Gasteiger partial charge in [-0.3, -0.25) is 14.9 Å². The van der Waals surface area contributed by atoms with E-state index in [2.05, 4.69) is 23.4 Å². The molecule has 12 heteroatoms. The van der Waals surface area contributed by atoms with E-state index in [-0.39, 0.29) is 43.4 Å². The largest absolute Gasteiger partial charge is 0.495 e. The van der Waals surface area contributed by atoms with Gasteiger partial charge in [-0.05, 0) is 18.4 Å². The third-order valence-corrected chi connectivity index (χ3v) is 6.71. The Morgan fingerprint density at radius 1 is 1.41 bits per heavy atom. The molecule has 2 heterocycles. The number of carbonyl (C=O) groups excluding carboxylic acids is 1. The number of nitro benzene ring substituents is 1. The Hall–Kier alpha value is -3.76. The maximum Gasteiger partial charge on any atom is 0.276 e. The number of carbonyl (C=O) groups is 1. The molecule has 4 atom stereocenters. The summed E-state index contributed by atoms with van der Waals surface area (Å²) in [6.07, 6.45) is -0.460. The summed E-state index contributed by atoms with van der Waals surface area (Å²) in [5.41, 5.74) is 6.53. The van der Waals surface area contributed by atoms with Crippen LogP contribution in [0.2, 0.25) is 0 Å². The summed E-state index contributed by atoms with van der Waals surface area (Å²) in [5.74, 6) is 6.57. The number of aliphatic hydroxyl groups is 2. The van der Waals surface area contributed by atoms with Gasteiger partial charge in [0.2, 0.25) is 0 Å². The normalized spacial score (nSPS) is 21.5. The number of methoxy groups -OCH3 is 1. The Labute approximate surface area is 239 Å². The highest BCUT2D eigenvalue weighted by Crippen LogP contribution is 2.43. The van der Waals surface area contributed by atoms with Crippen LogP contribution in [0.25, 0.3) is 0 Å². The maximum atomic E-state index is 12.2. The van der Waals surface area contributed by atoms with Gasteiger partial charge in [-0.2, -0.15) is 0 Å². The second-order valence-electron chi connectivity index (χ2n) is 11.0. The number of hydrogen-bond acceptors (Lipinski definition) is 11. The fourth-order valence-corrected chi connectivity index (χ4v) is 4.58. The van der Waals surface area contributed by atoms with Crippen LogP contribution in [-0.4, -0.2) is 70.4 Å². The lowest BCUT2D eigenvalue weighted by Crippen LogP contribution is -2.36. The van der Waals surface area contributed by atoms with Crippen LogP contribution in [0.1, 0.15) is 64.2 Å². The SMILES string of the molecule is C=C1N=C(N)C(CO[C@H](c2cc(OC)c(C#CCCC(C)=O)cc2[N+](=O)[O-])C(C)(C)C)=CN1[C@H]1C[C@@H](O)[C@@H](CO)O1. The molecule has 2 aliphatic rings. The number of Topliss-reactive ketones (excluding diaryl/α,β-unsaturated/α-hetero) is 1. The van der Waals surface area contributed by atoms with Gasteiger partial charge in [0.15, 0.2) is 0 Å². The van der Waals surface area contributed by atoms with Crippen LogP contribution >= 0.6 is 0 Å². The van der Waals surface area contributed by atoms with Crippen molar-refractivity contribution in [2.24, 2.45) is 16.1 Å². The highest BCUT2D eigenvalue weighted by atomic mass is 16.6. The number of hydrogen-bond donors (Lipinski definition) is 3. The molecule has 1 saturated heterocycles. The van der Waals surface area contributed by atoms with Crippen LogP contribution in [0, 0.1) is 27.4 Å². The summed E-state index contributed by atoms with van der Waals surface area (Å²) in [6, 6.07) is 2.92. The lowest BCUT2D eigenvalue weighted by molar-refractivity contribution is -0.386. The van der Waals surface area contributed by atoms with Crippen LogP contribution in [-0.2, 0) is 14.3 Å². The Bertz CT molecular complexity index is 1300. The molecule has 0 saturated carbocycles. The molecule has 0 unspecified atom stereocenters. The molecule has 0 spiro atoms. The minimum atomic E-state index is -0.850. The number of nitro groups is 1. The van der Waals surface area contributed by atoms with E-state index in [9.17, 15) is 25.1 Å². The summed E-state index contributed by atoms with van der Waals surface area (Å²) in [5, 5.41) is 31.8. The molecule has 2 aliphatic heterocycles. The highest BCUT2D eigenvalue weighted by Gasteiger charge is 2.39. The lowest BCUT2D eigenvalue weighted by atomic mass is 9.83. The van der Waals surface area contributed by atoms with Crippen molar-refractivity contribution in [3.05, 3.63) is 57.5 Å². The van der Waals surface area contributed by atoms with E-state index < -0.39 is 34.9 Å². The third-order valence-electron chi connectivity index (χ3n) is 6.71. The predicted octanol–water partition coefficient (Wildman–Crippen LogP) is 2.92. The average molecular weight is 571 g/mol. The van der Waals surface area contributed by atoms with Gasteiger partial charge in [0, 0.05) is 37.1 Å². The van der Waals surface area contributed by atoms with Crippen LogP contribution < -0.4 is 10.5 Å². The van der Waals surface area contributed by atoms with Crippen LogP contribution in [0.15, 0.2) is 41.3 Å². The van der Waals surface area contributed by atoms with Gasteiger partial charge in [-0.15, -0.1) is 0 Å². The van der Waals surface area contributed by atoms with Crippen molar-refractivity contribution in [2.75, 3.05) is 20.3 Å². The third kappa shape index (κ3) is 7.71. The molecule has 3 rings (SSSR count). The molecule has 1 fully saturated rings. The number of aliphatic imine (C=N–C) groups is 1. The Morgan fingerprint density at radius 2 is 2.12 bits per heavy atom. The first-order valence-electron chi connectivity index (χ1n) is 13.2. The second-order valence-corrected chi connectivity index (χ2v) is 11.0. The minimum absolute atomic E-state index is 0.00618. The van der Waals surface area contributed by atoms with Crippen molar-refractivity contribution >= 4 is 17.3 Å². The molecule has 12 nitrogen and oxygen atoms in total. The van der Waals surface area contributed by atoms with Gasteiger partial charge in [0.25, 0.3) is 5.69 Å². The molecule has 0 bridgehead atoms. The zero-order valence-corrected chi connectivity index (χ0v) is 24.0. The number of amidine groups is 1. The van der Waals surface area contributed by atoms with Crippen LogP contribution in [0.3, 0.4) is 0 Å². The number of rotatable bonds is 10. The molecule has 0 aliphatic carbocycles. The van der Waals surface area contributed by atoms with E-state index >= 15 is 0 Å². The van der Waals surface area contributed by atoms with Crippen molar-refractivity contribution in [1.29, 1.82) is 0 Å². The maximum absolute atomic E-state index is 12.2.